The Labute approximate surface area is 197 Å². The molecule has 9 heteroatoms. The summed E-state index contributed by atoms with van der Waals surface area (Å²) in [4.78, 5) is 16.8. The first kappa shape index (κ1) is 21.9. The van der Waals surface area contributed by atoms with E-state index < -0.39 is 5.60 Å². The quantitative estimate of drug-likeness (QED) is 0.464. The summed E-state index contributed by atoms with van der Waals surface area (Å²) >= 11 is 0. The normalized spacial score (nSPS) is 23.1. The maximum Gasteiger partial charge on any atom is 0.250 e. The molecule has 0 unspecified atom stereocenters. The topological polar surface area (TPSA) is 144 Å². The van der Waals surface area contributed by atoms with Crippen LogP contribution in [0, 0.1) is 41.9 Å². The Morgan fingerprint density at radius 3 is 2.41 bits per heavy atom. The minimum absolute atomic E-state index is 0.156. The average Bonchev–Trinajstić information content (AvgIpc) is 3.15. The number of fused-ring (bicyclic) bond motifs is 1. The number of rotatable bonds is 6. The molecular formula is C25H25N7O2. The van der Waals surface area contributed by atoms with Crippen LogP contribution in [-0.4, -0.2) is 30.6 Å². The number of aryl methyl sites for hydroxylation is 2. The number of benzene rings is 1. The lowest BCUT2D eigenvalue weighted by Crippen LogP contribution is -2.70. The van der Waals surface area contributed by atoms with Crippen molar-refractivity contribution in [2.24, 2.45) is 5.41 Å². The third kappa shape index (κ3) is 3.55. The van der Waals surface area contributed by atoms with Gasteiger partial charge in [0, 0.05) is 11.6 Å². The van der Waals surface area contributed by atoms with Crippen molar-refractivity contribution in [3.8, 4) is 23.8 Å². The lowest BCUT2D eigenvalue weighted by Gasteiger charge is -2.66. The van der Waals surface area contributed by atoms with Crippen molar-refractivity contribution in [2.45, 2.75) is 58.1 Å². The summed E-state index contributed by atoms with van der Waals surface area (Å²) in [6.07, 6.45) is 5.51. The summed E-state index contributed by atoms with van der Waals surface area (Å²) in [5, 5.41) is 32.0. The van der Waals surface area contributed by atoms with Crippen LogP contribution in [0.3, 0.4) is 0 Å². The van der Waals surface area contributed by atoms with Gasteiger partial charge in [-0.2, -0.15) is 20.5 Å². The number of ether oxygens (including phenoxy) is 1. The van der Waals surface area contributed by atoms with Gasteiger partial charge in [0.25, 0.3) is 5.88 Å². The number of imidazole rings is 1. The number of hydrogen-bond donors (Lipinski definition) is 3. The molecule has 1 aromatic carbocycles. The Hall–Kier alpha value is -3.95. The van der Waals surface area contributed by atoms with E-state index in [0.717, 1.165) is 36.0 Å². The highest BCUT2D eigenvalue weighted by molar-refractivity contribution is 5.78. The number of nitrogens with zero attached hydrogens (tertiary/aromatic N) is 5. The molecule has 9 nitrogen and oxygen atoms in total. The van der Waals surface area contributed by atoms with Crippen LogP contribution in [0.15, 0.2) is 18.2 Å². The van der Waals surface area contributed by atoms with E-state index in [1.807, 2.05) is 32.0 Å². The highest BCUT2D eigenvalue weighted by Crippen LogP contribution is 2.67. The van der Waals surface area contributed by atoms with Gasteiger partial charge in [-0.15, -0.1) is 0 Å². The number of allylic oxidation sites excluding steroid dienone is 1. The molecule has 3 aromatic rings. The lowest BCUT2D eigenvalue weighted by atomic mass is 9.40. The number of nitrogens with one attached hydrogen (secondary N) is 2. The predicted molar refractivity (Wildman–Crippen MR) is 126 cm³/mol. The zero-order chi connectivity index (χ0) is 24.3. The van der Waals surface area contributed by atoms with Crippen molar-refractivity contribution in [1.82, 2.24) is 19.9 Å². The van der Waals surface area contributed by atoms with Crippen LogP contribution in [0.5, 0.6) is 11.6 Å². The Kier molecular flexibility index (Phi) is 4.68. The number of hydrogen-bond acceptors (Lipinski definition) is 8. The second-order valence-corrected chi connectivity index (χ2v) is 10.1. The fourth-order valence-corrected chi connectivity index (χ4v) is 5.04. The van der Waals surface area contributed by atoms with Gasteiger partial charge in [0.05, 0.1) is 17.6 Å². The van der Waals surface area contributed by atoms with E-state index in [2.05, 4.69) is 31.3 Å². The Bertz CT molecular complexity index is 1390. The van der Waals surface area contributed by atoms with Gasteiger partial charge in [0.1, 0.15) is 22.7 Å². The maximum absolute atomic E-state index is 10.5. The molecule has 0 saturated heterocycles. The monoisotopic (exact) mass is 455 g/mol. The summed E-state index contributed by atoms with van der Waals surface area (Å²) in [7, 11) is 0. The summed E-state index contributed by atoms with van der Waals surface area (Å²) < 4.78 is 6.31. The molecule has 3 fully saturated rings. The van der Waals surface area contributed by atoms with Gasteiger partial charge in [0.15, 0.2) is 5.65 Å². The lowest BCUT2D eigenvalue weighted by molar-refractivity contribution is -0.0665. The molecule has 2 aromatic heterocycles. The molecule has 2 heterocycles. The highest BCUT2D eigenvalue weighted by Gasteiger charge is 2.69. The Morgan fingerprint density at radius 1 is 1.15 bits per heavy atom. The highest BCUT2D eigenvalue weighted by atomic mass is 16.5. The van der Waals surface area contributed by atoms with Crippen molar-refractivity contribution in [3.63, 3.8) is 0 Å². The third-order valence-corrected chi connectivity index (χ3v) is 6.57. The molecule has 3 aliphatic rings. The molecule has 3 saturated carbocycles. The standard InChI is InChI=1S/C25H25N7O2/c1-14-8-16(6-5-7-26)9-15(2)18(14)34-20-17-19(29-21(28-17)23(3,4)33)30-22(31-20)32-25-10-24(11-25,12-25)13-27/h5-6,8-9,33H,10-12H2,1-4H3,(H2,28,29,30,31,32)/b6-5+. The van der Waals surface area contributed by atoms with Crippen LogP contribution in [0.4, 0.5) is 5.95 Å². The van der Waals surface area contributed by atoms with Gasteiger partial charge in [-0.05, 0) is 81.9 Å². The van der Waals surface area contributed by atoms with Crippen molar-refractivity contribution < 1.29 is 9.84 Å². The molecule has 6 rings (SSSR count). The SMILES string of the molecule is Cc1cc(/C=C/C#N)cc(C)c1Oc1nc(NC23CC(C#N)(C2)C3)nc2nc(C(C)(C)O)[nH]c12. The van der Waals surface area contributed by atoms with Crippen molar-refractivity contribution in [3.05, 3.63) is 40.7 Å². The van der Waals surface area contributed by atoms with Gasteiger partial charge >= 0.3 is 0 Å². The van der Waals surface area contributed by atoms with E-state index in [0.29, 0.717) is 34.6 Å². The molecular weight excluding hydrogens is 430 g/mol. The minimum Gasteiger partial charge on any atom is -0.436 e. The number of H-pyrrole nitrogens is 1. The van der Waals surface area contributed by atoms with E-state index in [9.17, 15) is 10.4 Å². The maximum atomic E-state index is 10.5. The number of aliphatic hydroxyl groups is 1. The second kappa shape index (κ2) is 7.28. The second-order valence-electron chi connectivity index (χ2n) is 10.1. The van der Waals surface area contributed by atoms with Gasteiger partial charge in [-0.1, -0.05) is 0 Å². The molecule has 0 atom stereocenters. The van der Waals surface area contributed by atoms with Crippen molar-refractivity contribution in [1.29, 1.82) is 10.5 Å². The summed E-state index contributed by atoms with van der Waals surface area (Å²) in [6.45, 7) is 7.15. The van der Waals surface area contributed by atoms with Crippen LogP contribution in [-0.2, 0) is 5.60 Å². The molecule has 0 amide bonds. The summed E-state index contributed by atoms with van der Waals surface area (Å²) in [6, 6.07) is 8.28. The number of nitriles is 2. The molecule has 2 bridgehead atoms. The summed E-state index contributed by atoms with van der Waals surface area (Å²) in [5.74, 6) is 1.68. The van der Waals surface area contributed by atoms with Gasteiger partial charge in [0.2, 0.25) is 5.95 Å². The van der Waals surface area contributed by atoms with Crippen LogP contribution in [0.1, 0.15) is 55.6 Å². The van der Waals surface area contributed by atoms with E-state index in [4.69, 9.17) is 10.00 Å². The average molecular weight is 456 g/mol. The van der Waals surface area contributed by atoms with Crippen LogP contribution in [0.2, 0.25) is 0 Å². The van der Waals surface area contributed by atoms with Gasteiger partial charge < -0.3 is 20.1 Å². The fraction of sp³-hybridized carbons (Fsp3) is 0.400. The van der Waals surface area contributed by atoms with Crippen LogP contribution >= 0.6 is 0 Å². The molecule has 3 N–H and O–H groups in total. The van der Waals surface area contributed by atoms with Crippen LogP contribution in [0.25, 0.3) is 17.2 Å². The molecule has 172 valence electrons. The fourth-order valence-electron chi connectivity index (χ4n) is 5.04. The zero-order valence-corrected chi connectivity index (χ0v) is 19.5. The van der Waals surface area contributed by atoms with Crippen LogP contribution < -0.4 is 10.1 Å². The van der Waals surface area contributed by atoms with E-state index in [-0.39, 0.29) is 11.0 Å². The molecule has 0 spiro atoms. The smallest absolute Gasteiger partial charge is 0.250 e. The molecule has 34 heavy (non-hydrogen) atoms. The molecule has 0 radical (unpaired) electrons. The Balaban J connectivity index is 1.54. The Morgan fingerprint density at radius 2 is 1.82 bits per heavy atom. The first-order valence-electron chi connectivity index (χ1n) is 11.1. The first-order chi connectivity index (χ1) is 16.1. The number of aromatic amines is 1. The van der Waals surface area contributed by atoms with Crippen molar-refractivity contribution >= 4 is 23.2 Å². The van der Waals surface area contributed by atoms with E-state index >= 15 is 0 Å². The molecule has 0 aliphatic heterocycles. The van der Waals surface area contributed by atoms with Gasteiger partial charge in [-0.3, -0.25) is 0 Å². The van der Waals surface area contributed by atoms with E-state index in [1.54, 1.807) is 19.9 Å². The zero-order valence-electron chi connectivity index (χ0n) is 19.5. The van der Waals surface area contributed by atoms with E-state index in [1.165, 1.54) is 6.08 Å². The largest absolute Gasteiger partial charge is 0.436 e. The number of anilines is 1. The first-order valence-corrected chi connectivity index (χ1v) is 11.1. The third-order valence-electron chi connectivity index (χ3n) is 6.57. The predicted octanol–water partition coefficient (Wildman–Crippen LogP) is 4.38. The van der Waals surface area contributed by atoms with Crippen molar-refractivity contribution in [2.75, 3.05) is 5.32 Å². The minimum atomic E-state index is -1.20. The number of aromatic nitrogens is 4. The van der Waals surface area contributed by atoms with Gasteiger partial charge in [-0.25, -0.2) is 4.98 Å². The summed E-state index contributed by atoms with van der Waals surface area (Å²) in [5.41, 5.74) is 1.99. The molecule has 3 aliphatic carbocycles.